The summed E-state index contributed by atoms with van der Waals surface area (Å²) in [5.41, 5.74) is 3.49. The van der Waals surface area contributed by atoms with E-state index in [1.165, 1.54) is 0 Å². The van der Waals surface area contributed by atoms with Crippen LogP contribution in [0.25, 0.3) is 11.3 Å². The Morgan fingerprint density at radius 2 is 1.65 bits per heavy atom. The molecule has 1 N–H and O–H groups in total. The zero-order valence-electron chi connectivity index (χ0n) is 21.9. The second kappa shape index (κ2) is 14.8. The standard InChI is InChI=1S/C31H38N2O4/c1-3-5-9-27(31(35)36)23-24-11-17-28(18-12-24)37-22-21-33(20-6-4-2)30(34)26-15-13-25(14-16-26)29-10-7-8-19-32-29/h7-8,10-19,27H,3-6,9,20-23H2,1-2H3,(H,35,36). The van der Waals surface area contributed by atoms with Crippen LogP contribution in [0.15, 0.2) is 72.9 Å². The Bertz CT molecular complexity index is 1100. The minimum Gasteiger partial charge on any atom is -0.492 e. The number of unbranched alkanes of at least 4 members (excludes halogenated alkanes) is 2. The lowest BCUT2D eigenvalue weighted by Crippen LogP contribution is -2.35. The molecule has 0 aliphatic rings. The van der Waals surface area contributed by atoms with Crippen molar-refractivity contribution in [2.75, 3.05) is 19.7 Å². The number of carbonyl (C=O) groups is 2. The number of carboxylic acid groups (broad SMARTS) is 1. The predicted octanol–water partition coefficient (Wildman–Crippen LogP) is 6.50. The van der Waals surface area contributed by atoms with Crippen molar-refractivity contribution in [2.45, 2.75) is 52.4 Å². The number of amides is 1. The van der Waals surface area contributed by atoms with Gasteiger partial charge in [0.15, 0.2) is 0 Å². The van der Waals surface area contributed by atoms with Gasteiger partial charge in [0, 0.05) is 23.9 Å². The first-order valence-corrected chi connectivity index (χ1v) is 13.3. The number of carbonyl (C=O) groups excluding carboxylic acids is 1. The maximum atomic E-state index is 13.2. The van der Waals surface area contributed by atoms with Crippen molar-refractivity contribution >= 4 is 11.9 Å². The second-order valence-electron chi connectivity index (χ2n) is 9.31. The zero-order chi connectivity index (χ0) is 26.5. The van der Waals surface area contributed by atoms with E-state index in [1.807, 2.05) is 71.6 Å². The smallest absolute Gasteiger partial charge is 0.306 e. The van der Waals surface area contributed by atoms with E-state index in [9.17, 15) is 14.7 Å². The van der Waals surface area contributed by atoms with Gasteiger partial charge in [0.2, 0.25) is 0 Å². The van der Waals surface area contributed by atoms with Crippen LogP contribution in [0.1, 0.15) is 61.9 Å². The molecule has 196 valence electrons. The molecule has 1 unspecified atom stereocenters. The number of carboxylic acids is 1. The molecule has 6 nitrogen and oxygen atoms in total. The quantitative estimate of drug-likeness (QED) is 0.256. The average Bonchev–Trinajstić information content (AvgIpc) is 2.93. The summed E-state index contributed by atoms with van der Waals surface area (Å²) >= 11 is 0. The van der Waals surface area contributed by atoms with Crippen LogP contribution in [0.3, 0.4) is 0 Å². The average molecular weight is 503 g/mol. The van der Waals surface area contributed by atoms with Crippen LogP contribution < -0.4 is 4.74 Å². The monoisotopic (exact) mass is 502 g/mol. The maximum absolute atomic E-state index is 13.2. The second-order valence-corrected chi connectivity index (χ2v) is 9.31. The third-order valence-electron chi connectivity index (χ3n) is 6.45. The summed E-state index contributed by atoms with van der Waals surface area (Å²) in [6.07, 6.45) is 6.81. The van der Waals surface area contributed by atoms with Crippen LogP contribution in [-0.2, 0) is 11.2 Å². The molecule has 37 heavy (non-hydrogen) atoms. The number of benzene rings is 2. The van der Waals surface area contributed by atoms with Crippen molar-refractivity contribution in [1.29, 1.82) is 0 Å². The first kappa shape index (κ1) is 27.9. The Balaban J connectivity index is 1.56. The summed E-state index contributed by atoms with van der Waals surface area (Å²) in [5, 5.41) is 9.48. The largest absolute Gasteiger partial charge is 0.492 e. The van der Waals surface area contributed by atoms with E-state index < -0.39 is 5.97 Å². The van der Waals surface area contributed by atoms with Crippen LogP contribution in [0, 0.1) is 5.92 Å². The van der Waals surface area contributed by atoms with Crippen molar-refractivity contribution in [3.05, 3.63) is 84.1 Å². The van der Waals surface area contributed by atoms with Gasteiger partial charge >= 0.3 is 5.97 Å². The summed E-state index contributed by atoms with van der Waals surface area (Å²) in [4.78, 5) is 31.0. The third kappa shape index (κ3) is 8.74. The molecular weight excluding hydrogens is 464 g/mol. The summed E-state index contributed by atoms with van der Waals surface area (Å²) in [6.45, 7) is 5.73. The van der Waals surface area contributed by atoms with E-state index in [2.05, 4.69) is 18.8 Å². The molecule has 6 heteroatoms. The minimum atomic E-state index is -0.739. The topological polar surface area (TPSA) is 79.7 Å². The van der Waals surface area contributed by atoms with Gasteiger partial charge in [-0.3, -0.25) is 14.6 Å². The lowest BCUT2D eigenvalue weighted by Gasteiger charge is -2.23. The van der Waals surface area contributed by atoms with Crippen LogP contribution in [0.2, 0.25) is 0 Å². The fraction of sp³-hybridized carbons (Fsp3) is 0.387. The Morgan fingerprint density at radius 1 is 0.919 bits per heavy atom. The number of aliphatic carboxylic acids is 1. The van der Waals surface area contributed by atoms with Crippen LogP contribution in [0.5, 0.6) is 5.75 Å². The summed E-state index contributed by atoms with van der Waals surface area (Å²) in [6, 6.07) is 21.0. The number of nitrogens with zero attached hydrogens (tertiary/aromatic N) is 2. The summed E-state index contributed by atoms with van der Waals surface area (Å²) < 4.78 is 5.93. The van der Waals surface area contributed by atoms with Gasteiger partial charge in [-0.25, -0.2) is 0 Å². The lowest BCUT2D eigenvalue weighted by molar-refractivity contribution is -0.142. The molecule has 1 atom stereocenters. The van der Waals surface area contributed by atoms with Crippen molar-refractivity contribution in [1.82, 2.24) is 9.88 Å². The van der Waals surface area contributed by atoms with E-state index in [0.29, 0.717) is 43.9 Å². The number of hydrogen-bond acceptors (Lipinski definition) is 4. The minimum absolute atomic E-state index is 0.00763. The predicted molar refractivity (Wildman–Crippen MR) is 147 cm³/mol. The molecule has 0 spiro atoms. The Labute approximate surface area is 220 Å². The van der Waals surface area contributed by atoms with Gasteiger partial charge in [-0.15, -0.1) is 0 Å². The van der Waals surface area contributed by atoms with Gasteiger partial charge in [0.25, 0.3) is 5.91 Å². The normalized spacial score (nSPS) is 11.6. The van der Waals surface area contributed by atoms with Crippen molar-refractivity contribution < 1.29 is 19.4 Å². The number of pyridine rings is 1. The number of rotatable bonds is 15. The first-order valence-electron chi connectivity index (χ1n) is 13.3. The highest BCUT2D eigenvalue weighted by Gasteiger charge is 2.18. The molecule has 0 aliphatic heterocycles. The van der Waals surface area contributed by atoms with Gasteiger partial charge in [0.05, 0.1) is 18.2 Å². The molecule has 1 amide bonds. The van der Waals surface area contributed by atoms with Gasteiger partial charge in [0.1, 0.15) is 12.4 Å². The molecule has 1 aromatic heterocycles. The van der Waals surface area contributed by atoms with Crippen LogP contribution in [0.4, 0.5) is 0 Å². The van der Waals surface area contributed by atoms with E-state index in [-0.39, 0.29) is 11.8 Å². The highest BCUT2D eigenvalue weighted by molar-refractivity contribution is 5.94. The summed E-state index contributed by atoms with van der Waals surface area (Å²) in [7, 11) is 0. The summed E-state index contributed by atoms with van der Waals surface area (Å²) in [5.74, 6) is -0.390. The highest BCUT2D eigenvalue weighted by Crippen LogP contribution is 2.20. The molecule has 3 aromatic rings. The van der Waals surface area contributed by atoms with E-state index >= 15 is 0 Å². The molecular formula is C31H38N2O4. The molecule has 1 heterocycles. The van der Waals surface area contributed by atoms with Crippen molar-refractivity contribution in [3.63, 3.8) is 0 Å². The van der Waals surface area contributed by atoms with E-state index in [1.54, 1.807) is 6.20 Å². The first-order chi connectivity index (χ1) is 18.0. The Morgan fingerprint density at radius 3 is 2.27 bits per heavy atom. The third-order valence-corrected chi connectivity index (χ3v) is 6.45. The SMILES string of the molecule is CCCCC(Cc1ccc(OCCN(CCCC)C(=O)c2ccc(-c3ccccn3)cc2)cc1)C(=O)O. The molecule has 0 saturated carbocycles. The Kier molecular flexibility index (Phi) is 11.2. The van der Waals surface area contributed by atoms with Gasteiger partial charge in [-0.05, 0) is 61.2 Å². The molecule has 2 aromatic carbocycles. The van der Waals surface area contributed by atoms with Gasteiger partial charge in [-0.2, -0.15) is 0 Å². The maximum Gasteiger partial charge on any atom is 0.306 e. The molecule has 0 fully saturated rings. The number of aromatic nitrogens is 1. The zero-order valence-corrected chi connectivity index (χ0v) is 21.9. The molecule has 0 radical (unpaired) electrons. The van der Waals surface area contributed by atoms with Crippen molar-refractivity contribution in [3.8, 4) is 17.0 Å². The van der Waals surface area contributed by atoms with E-state index in [4.69, 9.17) is 4.74 Å². The van der Waals surface area contributed by atoms with Gasteiger partial charge in [-0.1, -0.05) is 63.4 Å². The fourth-order valence-corrected chi connectivity index (χ4v) is 4.21. The lowest BCUT2D eigenvalue weighted by atomic mass is 9.94. The van der Waals surface area contributed by atoms with Gasteiger partial charge < -0.3 is 14.7 Å². The Hall–Kier alpha value is -3.67. The van der Waals surface area contributed by atoms with Crippen LogP contribution in [-0.4, -0.2) is 46.6 Å². The van der Waals surface area contributed by atoms with Crippen LogP contribution >= 0.6 is 0 Å². The number of ether oxygens (including phenoxy) is 1. The van der Waals surface area contributed by atoms with E-state index in [0.717, 1.165) is 42.5 Å². The molecule has 3 rings (SSSR count). The number of hydrogen-bond donors (Lipinski definition) is 1. The molecule has 0 saturated heterocycles. The van der Waals surface area contributed by atoms with Crippen molar-refractivity contribution in [2.24, 2.45) is 5.92 Å². The highest BCUT2D eigenvalue weighted by atomic mass is 16.5. The molecule has 0 bridgehead atoms. The molecule has 0 aliphatic carbocycles. The fourth-order valence-electron chi connectivity index (χ4n) is 4.21.